The fourth-order valence-electron chi connectivity index (χ4n) is 6.97. The summed E-state index contributed by atoms with van der Waals surface area (Å²) in [6, 6.07) is 0.960. The monoisotopic (exact) mass is 542 g/mol. The van der Waals surface area contributed by atoms with E-state index in [2.05, 4.69) is 5.32 Å². The Kier molecular flexibility index (Phi) is 6.77. The number of hydrogen-bond acceptors (Lipinski definition) is 10. The summed E-state index contributed by atoms with van der Waals surface area (Å²) >= 11 is 0. The topological polar surface area (TPSA) is 177 Å². The van der Waals surface area contributed by atoms with E-state index >= 15 is 0 Å². The van der Waals surface area contributed by atoms with Crippen LogP contribution < -0.4 is 16.0 Å². The first-order valence-corrected chi connectivity index (χ1v) is 13.4. The number of phenols is 1. The molecule has 212 valence electrons. The molecule has 0 aliphatic heterocycles. The lowest BCUT2D eigenvalue weighted by Gasteiger charge is -2.53. The van der Waals surface area contributed by atoms with Crippen LogP contribution in [0.3, 0.4) is 0 Å². The highest BCUT2D eigenvalue weighted by atomic mass is 16.3. The highest BCUT2D eigenvalue weighted by molar-refractivity contribution is 6.25. The van der Waals surface area contributed by atoms with Gasteiger partial charge in [0.15, 0.2) is 11.4 Å². The van der Waals surface area contributed by atoms with E-state index in [4.69, 9.17) is 5.73 Å². The molecule has 6 atom stereocenters. The van der Waals surface area contributed by atoms with Crippen LogP contribution in [0.2, 0.25) is 0 Å². The highest BCUT2D eigenvalue weighted by Crippen LogP contribution is 2.53. The van der Waals surface area contributed by atoms with Crippen molar-refractivity contribution in [1.82, 2.24) is 10.2 Å². The van der Waals surface area contributed by atoms with Gasteiger partial charge in [-0.25, -0.2) is 0 Å². The Hall–Kier alpha value is -2.99. The summed E-state index contributed by atoms with van der Waals surface area (Å²) in [7, 11) is 6.98. The second kappa shape index (κ2) is 9.58. The molecule has 0 saturated heterocycles. The fourth-order valence-corrected chi connectivity index (χ4v) is 6.97. The van der Waals surface area contributed by atoms with Gasteiger partial charge < -0.3 is 41.3 Å². The van der Waals surface area contributed by atoms with Crippen molar-refractivity contribution in [2.75, 3.05) is 39.6 Å². The molecule has 0 bridgehead atoms. The Morgan fingerprint density at radius 3 is 2.41 bits per heavy atom. The average molecular weight is 543 g/mol. The van der Waals surface area contributed by atoms with E-state index in [0.29, 0.717) is 23.6 Å². The molecule has 7 N–H and O–H groups in total. The number of hydrogen-bond donors (Lipinski definition) is 6. The average Bonchev–Trinajstić information content (AvgIpc) is 3.66. The maximum Gasteiger partial charge on any atom is 0.230 e. The van der Waals surface area contributed by atoms with Crippen molar-refractivity contribution in [3.63, 3.8) is 0 Å². The van der Waals surface area contributed by atoms with Crippen molar-refractivity contribution in [3.05, 3.63) is 28.3 Å². The molecule has 0 radical (unpaired) electrons. The molecule has 1 aromatic carbocycles. The number of benzene rings is 1. The van der Waals surface area contributed by atoms with E-state index in [9.17, 15) is 34.8 Å². The summed E-state index contributed by atoms with van der Waals surface area (Å²) in [6.07, 6.45) is 1.20. The van der Waals surface area contributed by atoms with E-state index in [0.717, 1.165) is 12.2 Å². The second-order valence-corrected chi connectivity index (χ2v) is 12.0. The van der Waals surface area contributed by atoms with E-state index in [1.165, 1.54) is 12.8 Å². The number of anilines is 1. The number of carbonyl (C=O) groups excluding carboxylic acids is 3. The third kappa shape index (κ3) is 4.14. The number of Topliss-reactive ketones (excluding diaryl/α,β-unsaturated/α-hetero) is 2. The van der Waals surface area contributed by atoms with Crippen LogP contribution in [0.5, 0.6) is 5.75 Å². The molecule has 3 saturated carbocycles. The number of ketones is 2. The molecule has 0 spiro atoms. The molecule has 3 unspecified atom stereocenters. The molecule has 0 heterocycles. The third-order valence-corrected chi connectivity index (χ3v) is 9.07. The zero-order valence-corrected chi connectivity index (χ0v) is 22.8. The molecular formula is C28H38N4O7. The first kappa shape index (κ1) is 27.6. The van der Waals surface area contributed by atoms with Crippen molar-refractivity contribution in [2.45, 2.75) is 50.0 Å². The van der Waals surface area contributed by atoms with E-state index in [1.54, 1.807) is 19.0 Å². The number of carbonyl (C=O) groups is 3. The minimum absolute atomic E-state index is 0.0938. The van der Waals surface area contributed by atoms with Crippen LogP contribution in [0.4, 0.5) is 5.69 Å². The number of nitrogens with zero attached hydrogens (tertiary/aromatic N) is 2. The van der Waals surface area contributed by atoms with Gasteiger partial charge in [-0.2, -0.15) is 0 Å². The number of fused-ring (bicyclic) bond motifs is 3. The summed E-state index contributed by atoms with van der Waals surface area (Å²) < 4.78 is 0. The number of phenolic OH excluding ortho intramolecular Hbond substituents is 1. The third-order valence-electron chi connectivity index (χ3n) is 9.07. The largest absolute Gasteiger partial charge is 0.507 e. The molecule has 4 aliphatic carbocycles. The van der Waals surface area contributed by atoms with Crippen LogP contribution in [0.25, 0.3) is 5.76 Å². The van der Waals surface area contributed by atoms with Crippen molar-refractivity contribution in [3.8, 4) is 5.75 Å². The van der Waals surface area contributed by atoms with E-state index in [1.807, 2.05) is 25.1 Å². The first-order chi connectivity index (χ1) is 18.3. The van der Waals surface area contributed by atoms with Gasteiger partial charge in [0.2, 0.25) is 11.7 Å². The molecule has 11 heteroatoms. The Bertz CT molecular complexity index is 1270. The number of aliphatic hydroxyl groups is 3. The zero-order chi connectivity index (χ0) is 28.5. The van der Waals surface area contributed by atoms with Gasteiger partial charge in [-0.05, 0) is 69.8 Å². The molecule has 0 aromatic heterocycles. The van der Waals surface area contributed by atoms with Crippen LogP contribution in [0, 0.1) is 23.7 Å². The van der Waals surface area contributed by atoms with Crippen LogP contribution in [-0.2, 0) is 27.3 Å². The molecule has 11 nitrogen and oxygen atoms in total. The number of rotatable bonds is 7. The standard InChI is InChI=1S/C28H38N4O7/c1-31(2)17-9-14(11-30-10-12-5-6-12)22(33)19-15(17)7-13-8-16-21(32(3)4)24(35)20(27(29)38)26(37)28(16,39)25(36)18(13)23(19)34/h9,12-13,16,20-21,24,30,33-35,39H,5-8,10-11H2,1-4H3,(H2,29,38)/t13-,16-,20?,21?,24?,28-/m0/s1. The van der Waals surface area contributed by atoms with Gasteiger partial charge in [0.25, 0.3) is 0 Å². The number of amides is 1. The van der Waals surface area contributed by atoms with E-state index in [-0.39, 0.29) is 29.7 Å². The normalized spacial score (nSPS) is 32.1. The summed E-state index contributed by atoms with van der Waals surface area (Å²) in [4.78, 5) is 43.1. The van der Waals surface area contributed by atoms with Gasteiger partial charge in [-0.3, -0.25) is 14.4 Å². The second-order valence-electron chi connectivity index (χ2n) is 12.0. The van der Waals surface area contributed by atoms with Gasteiger partial charge in [-0.1, -0.05) is 0 Å². The van der Waals surface area contributed by atoms with E-state index < -0.39 is 58.7 Å². The van der Waals surface area contributed by atoms with Crippen LogP contribution in [0.1, 0.15) is 36.0 Å². The fraction of sp³-hybridized carbons (Fsp3) is 0.607. The number of nitrogens with two attached hydrogens (primary N) is 1. The lowest BCUT2D eigenvalue weighted by atomic mass is 9.54. The van der Waals surface area contributed by atoms with Gasteiger partial charge in [-0.15, -0.1) is 0 Å². The SMILES string of the molecule is CN(C)c1cc(CNCC2CC2)c(O)c2c1C[C@H]1C[C@H]3C(N(C)C)C(O)C(C(N)=O)C(=O)[C@@]3(O)C(=O)C1=C2O. The molecule has 1 aromatic rings. The van der Waals surface area contributed by atoms with Crippen molar-refractivity contribution < 1.29 is 34.8 Å². The van der Waals surface area contributed by atoms with Gasteiger partial charge in [0.05, 0.1) is 11.7 Å². The smallest absolute Gasteiger partial charge is 0.230 e. The molecule has 4 aliphatic rings. The minimum atomic E-state index is -2.66. The molecule has 39 heavy (non-hydrogen) atoms. The number of primary amides is 1. The Labute approximate surface area is 227 Å². The molecule has 3 fully saturated rings. The van der Waals surface area contributed by atoms with Crippen molar-refractivity contribution >= 4 is 28.9 Å². The molecular weight excluding hydrogens is 504 g/mol. The van der Waals surface area contributed by atoms with Gasteiger partial charge in [0, 0.05) is 49.4 Å². The van der Waals surface area contributed by atoms with Crippen LogP contribution in [-0.4, -0.2) is 95.3 Å². The first-order valence-electron chi connectivity index (χ1n) is 13.4. The highest BCUT2D eigenvalue weighted by Gasteiger charge is 2.67. The van der Waals surface area contributed by atoms with Crippen molar-refractivity contribution in [2.24, 2.45) is 29.4 Å². The summed E-state index contributed by atoms with van der Waals surface area (Å²) in [5.74, 6) is -6.70. The van der Waals surface area contributed by atoms with Crippen molar-refractivity contribution in [1.29, 1.82) is 0 Å². The number of aromatic hydroxyl groups is 1. The van der Waals surface area contributed by atoms with Gasteiger partial charge in [0.1, 0.15) is 17.4 Å². The van der Waals surface area contributed by atoms with Gasteiger partial charge >= 0.3 is 0 Å². The number of likely N-dealkylation sites (N-methyl/N-ethyl adjacent to an activating group) is 1. The van der Waals surface area contributed by atoms with Crippen LogP contribution in [0.15, 0.2) is 11.6 Å². The maximum atomic E-state index is 14.0. The lowest BCUT2D eigenvalue weighted by molar-refractivity contribution is -0.184. The Morgan fingerprint density at radius 2 is 1.85 bits per heavy atom. The Morgan fingerprint density at radius 1 is 1.18 bits per heavy atom. The number of nitrogens with one attached hydrogen (secondary N) is 1. The maximum absolute atomic E-state index is 14.0. The molecule has 5 rings (SSSR count). The predicted octanol–water partition coefficient (Wildman–Crippen LogP) is -0.305. The summed E-state index contributed by atoms with van der Waals surface area (Å²) in [5, 5.41) is 48.9. The quantitative estimate of drug-likeness (QED) is 0.251. The Balaban J connectivity index is 1.64. The molecule has 1 amide bonds. The summed E-state index contributed by atoms with van der Waals surface area (Å²) in [6.45, 7) is 1.18. The van der Waals surface area contributed by atoms with Crippen LogP contribution >= 0.6 is 0 Å². The lowest BCUT2D eigenvalue weighted by Crippen LogP contribution is -2.73. The minimum Gasteiger partial charge on any atom is -0.507 e. The number of aliphatic hydroxyl groups excluding tert-OH is 2. The zero-order valence-electron chi connectivity index (χ0n) is 22.8. The summed E-state index contributed by atoms with van der Waals surface area (Å²) in [5.41, 5.74) is 4.75. The predicted molar refractivity (Wildman–Crippen MR) is 143 cm³/mol.